The Hall–Kier alpha value is -3.07. The van der Waals surface area contributed by atoms with Crippen LogP contribution < -0.4 is 10.6 Å². The maximum Gasteiger partial charge on any atom is 0.313 e. The van der Waals surface area contributed by atoms with Gasteiger partial charge in [-0.2, -0.15) is 5.10 Å². The summed E-state index contributed by atoms with van der Waals surface area (Å²) in [5, 5.41) is 10.6. The summed E-state index contributed by atoms with van der Waals surface area (Å²) >= 11 is 1.47. The van der Waals surface area contributed by atoms with Crippen LogP contribution in [0.25, 0.3) is 5.69 Å². The lowest BCUT2D eigenvalue weighted by atomic mass is 10.2. The molecule has 9 heteroatoms. The summed E-state index contributed by atoms with van der Waals surface area (Å²) in [4.78, 5) is 28.2. The van der Waals surface area contributed by atoms with Crippen molar-refractivity contribution in [2.24, 2.45) is 0 Å². The molecule has 0 saturated carbocycles. The van der Waals surface area contributed by atoms with Crippen molar-refractivity contribution in [2.75, 3.05) is 5.32 Å². The zero-order chi connectivity index (χ0) is 16.9. The molecule has 2 amide bonds. The number of benzene rings is 1. The minimum absolute atomic E-state index is 0.174. The van der Waals surface area contributed by atoms with Crippen LogP contribution in [0.2, 0.25) is 0 Å². The summed E-state index contributed by atoms with van der Waals surface area (Å²) in [5.41, 5.74) is 0.361. The molecule has 1 aromatic carbocycles. The van der Waals surface area contributed by atoms with Gasteiger partial charge < -0.3 is 10.6 Å². The Balaban J connectivity index is 1.61. The molecule has 0 aliphatic heterocycles. The van der Waals surface area contributed by atoms with Gasteiger partial charge in [0.05, 0.1) is 6.54 Å². The minimum Gasteiger partial charge on any atom is -0.343 e. The third kappa shape index (κ3) is 3.63. The molecule has 0 atom stereocenters. The molecule has 2 N–H and O–H groups in total. The van der Waals surface area contributed by atoms with Crippen LogP contribution in [0.15, 0.2) is 48.4 Å². The molecule has 0 spiro atoms. The van der Waals surface area contributed by atoms with Crippen molar-refractivity contribution in [1.82, 2.24) is 20.1 Å². The van der Waals surface area contributed by atoms with Gasteiger partial charge in [-0.3, -0.25) is 9.59 Å². The quantitative estimate of drug-likeness (QED) is 0.705. The van der Waals surface area contributed by atoms with E-state index in [0.29, 0.717) is 0 Å². The number of aromatic nitrogens is 3. The summed E-state index contributed by atoms with van der Waals surface area (Å²) in [5.74, 6) is -2.25. The standard InChI is InChI=1S/C15H12FN5O2S/c16-12-6-10(3-4-13(12)21-9-17-8-19-21)20-15(23)14(22)18-7-11-2-1-5-24-11/h1-6,8-9H,7H2,(H,18,22)(H,20,23). The van der Waals surface area contributed by atoms with Crippen molar-refractivity contribution in [1.29, 1.82) is 0 Å². The van der Waals surface area contributed by atoms with Gasteiger partial charge in [0, 0.05) is 10.6 Å². The summed E-state index contributed by atoms with van der Waals surface area (Å²) in [6.45, 7) is 0.267. The highest BCUT2D eigenvalue weighted by Gasteiger charge is 2.15. The van der Waals surface area contributed by atoms with Gasteiger partial charge in [-0.25, -0.2) is 14.1 Å². The van der Waals surface area contributed by atoms with Crippen molar-refractivity contribution in [3.63, 3.8) is 0 Å². The van der Waals surface area contributed by atoms with E-state index in [9.17, 15) is 14.0 Å². The van der Waals surface area contributed by atoms with E-state index < -0.39 is 17.6 Å². The van der Waals surface area contributed by atoms with Gasteiger partial charge >= 0.3 is 11.8 Å². The van der Waals surface area contributed by atoms with E-state index in [1.807, 2.05) is 17.5 Å². The second kappa shape index (κ2) is 7.01. The second-order valence-corrected chi connectivity index (χ2v) is 5.75. The number of nitrogens with zero attached hydrogens (tertiary/aromatic N) is 3. The van der Waals surface area contributed by atoms with Crippen molar-refractivity contribution >= 4 is 28.8 Å². The van der Waals surface area contributed by atoms with Crippen molar-refractivity contribution in [2.45, 2.75) is 6.54 Å². The number of amides is 2. The Labute approximate surface area is 140 Å². The van der Waals surface area contributed by atoms with Gasteiger partial charge in [-0.05, 0) is 29.6 Å². The summed E-state index contributed by atoms with van der Waals surface area (Å²) in [6, 6.07) is 7.72. The smallest absolute Gasteiger partial charge is 0.313 e. The average Bonchev–Trinajstić information content (AvgIpc) is 3.26. The lowest BCUT2D eigenvalue weighted by Gasteiger charge is -2.08. The Morgan fingerprint density at radius 3 is 2.79 bits per heavy atom. The molecule has 7 nitrogen and oxygen atoms in total. The molecule has 0 radical (unpaired) electrons. The molecule has 0 unspecified atom stereocenters. The van der Waals surface area contributed by atoms with Crippen LogP contribution in [0.3, 0.4) is 0 Å². The zero-order valence-electron chi connectivity index (χ0n) is 12.3. The number of carbonyl (C=O) groups is 2. The predicted molar refractivity (Wildman–Crippen MR) is 86.1 cm³/mol. The lowest BCUT2D eigenvalue weighted by molar-refractivity contribution is -0.136. The normalized spacial score (nSPS) is 10.4. The summed E-state index contributed by atoms with van der Waals surface area (Å²) in [7, 11) is 0. The first-order chi connectivity index (χ1) is 11.6. The molecule has 3 rings (SSSR count). The number of hydrogen-bond donors (Lipinski definition) is 2. The molecular weight excluding hydrogens is 333 g/mol. The molecule has 24 heavy (non-hydrogen) atoms. The summed E-state index contributed by atoms with van der Waals surface area (Å²) < 4.78 is 15.3. The molecule has 2 aromatic heterocycles. The minimum atomic E-state index is -0.862. The van der Waals surface area contributed by atoms with Gasteiger partial charge in [0.1, 0.15) is 18.3 Å². The van der Waals surface area contributed by atoms with Gasteiger partial charge in [0.25, 0.3) is 0 Å². The second-order valence-electron chi connectivity index (χ2n) is 4.72. The Morgan fingerprint density at radius 2 is 2.12 bits per heavy atom. The van der Waals surface area contributed by atoms with E-state index in [2.05, 4.69) is 20.7 Å². The fourth-order valence-electron chi connectivity index (χ4n) is 1.95. The third-order valence-corrected chi connectivity index (χ3v) is 3.96. The van der Waals surface area contributed by atoms with Crippen molar-refractivity contribution in [3.05, 3.63) is 59.1 Å². The number of nitrogens with one attached hydrogen (secondary N) is 2. The summed E-state index contributed by atoms with van der Waals surface area (Å²) in [6.07, 6.45) is 2.64. The molecule has 0 aliphatic carbocycles. The van der Waals surface area contributed by atoms with E-state index in [1.54, 1.807) is 0 Å². The SMILES string of the molecule is O=C(NCc1cccs1)C(=O)Nc1ccc(-n2cncn2)c(F)c1. The third-order valence-electron chi connectivity index (χ3n) is 3.08. The van der Waals surface area contributed by atoms with Crippen LogP contribution in [0.5, 0.6) is 0 Å². The lowest BCUT2D eigenvalue weighted by Crippen LogP contribution is -2.34. The van der Waals surface area contributed by atoms with Crippen molar-refractivity contribution in [3.8, 4) is 5.69 Å². The Bertz CT molecular complexity index is 849. The highest BCUT2D eigenvalue weighted by Crippen LogP contribution is 2.17. The largest absolute Gasteiger partial charge is 0.343 e. The van der Waals surface area contributed by atoms with Crippen molar-refractivity contribution < 1.29 is 14.0 Å². The van der Waals surface area contributed by atoms with Gasteiger partial charge in [-0.1, -0.05) is 6.07 Å². The first-order valence-electron chi connectivity index (χ1n) is 6.89. The van der Waals surface area contributed by atoms with E-state index in [0.717, 1.165) is 10.9 Å². The van der Waals surface area contributed by atoms with Crippen LogP contribution in [-0.2, 0) is 16.1 Å². The van der Waals surface area contributed by atoms with E-state index in [-0.39, 0.29) is 17.9 Å². The first-order valence-corrected chi connectivity index (χ1v) is 7.77. The van der Waals surface area contributed by atoms with E-state index in [4.69, 9.17) is 0 Å². The number of carbonyl (C=O) groups excluding carboxylic acids is 2. The molecule has 122 valence electrons. The maximum absolute atomic E-state index is 14.1. The van der Waals surface area contributed by atoms with Crippen LogP contribution in [0, 0.1) is 5.82 Å². The zero-order valence-corrected chi connectivity index (χ0v) is 13.1. The monoisotopic (exact) mass is 345 g/mol. The fraction of sp³-hybridized carbons (Fsp3) is 0.0667. The van der Waals surface area contributed by atoms with Crippen LogP contribution in [0.4, 0.5) is 10.1 Å². The van der Waals surface area contributed by atoms with Gasteiger partial charge in [0.2, 0.25) is 0 Å². The first kappa shape index (κ1) is 15.8. The Morgan fingerprint density at radius 1 is 1.25 bits per heavy atom. The molecule has 0 saturated heterocycles. The topological polar surface area (TPSA) is 88.9 Å². The molecule has 0 fully saturated rings. The van der Waals surface area contributed by atoms with E-state index in [1.165, 1.54) is 40.8 Å². The van der Waals surface area contributed by atoms with Crippen LogP contribution in [0.1, 0.15) is 4.88 Å². The molecule has 0 bridgehead atoms. The maximum atomic E-state index is 14.1. The van der Waals surface area contributed by atoms with Gasteiger partial charge in [0.15, 0.2) is 5.82 Å². The highest BCUT2D eigenvalue weighted by atomic mass is 32.1. The number of hydrogen-bond acceptors (Lipinski definition) is 5. The highest BCUT2D eigenvalue weighted by molar-refractivity contribution is 7.09. The molecule has 0 aliphatic rings. The average molecular weight is 345 g/mol. The van der Waals surface area contributed by atoms with E-state index >= 15 is 0 Å². The predicted octanol–water partition coefficient (Wildman–Crippen LogP) is 1.72. The number of anilines is 1. The molecular formula is C15H12FN5O2S. The van der Waals surface area contributed by atoms with Crippen LogP contribution >= 0.6 is 11.3 Å². The molecule has 3 aromatic rings. The van der Waals surface area contributed by atoms with Crippen LogP contribution in [-0.4, -0.2) is 26.6 Å². The Kier molecular flexibility index (Phi) is 4.62. The van der Waals surface area contributed by atoms with Gasteiger partial charge in [-0.15, -0.1) is 11.3 Å². The number of rotatable bonds is 4. The number of thiophene rings is 1. The molecule has 2 heterocycles. The fourth-order valence-corrected chi connectivity index (χ4v) is 2.60. The number of halogens is 1.